The fourth-order valence-electron chi connectivity index (χ4n) is 11.3. The van der Waals surface area contributed by atoms with Gasteiger partial charge in [-0.05, 0) is 63.2 Å². The standard InChI is InChI=1S/C77H146O17P2/c1-7-10-12-14-16-18-20-21-23-27-31-35-42-48-54-60-75(80)88-65-72(93-76(81)61-55-49-43-36-32-28-25-22-24-26-30-33-39-45-51-57-69(4)5)67-91-95(83,84)89-63-71(78)64-90-96(85,86)92-68-73(66-87-74(79)59-53-47-41-34-29-19-17-15-13-11-8-2)94-77(82)62-56-50-44-38-37-40-46-52-58-70(6)9-3/h18,20-21,23,69-73,78H,7-17,19,22,24-68H2,1-6H3,(H,83,84)(H,85,86)/b20-18-,23-21-/t70?,71-,72-,73-/m1/s1. The van der Waals surface area contributed by atoms with Gasteiger partial charge in [-0.25, -0.2) is 9.13 Å². The summed E-state index contributed by atoms with van der Waals surface area (Å²) in [5, 5.41) is 10.6. The summed E-state index contributed by atoms with van der Waals surface area (Å²) in [6.45, 7) is 9.55. The molecule has 0 bridgehead atoms. The Hall–Kier alpha value is -2.46. The van der Waals surface area contributed by atoms with Crippen LogP contribution >= 0.6 is 15.6 Å². The number of hydrogen-bond acceptors (Lipinski definition) is 15. The van der Waals surface area contributed by atoms with E-state index >= 15 is 0 Å². The Morgan fingerprint density at radius 1 is 0.344 bits per heavy atom. The number of hydrogen-bond donors (Lipinski definition) is 3. The number of ether oxygens (including phenoxy) is 4. The van der Waals surface area contributed by atoms with Crippen molar-refractivity contribution in [3.63, 3.8) is 0 Å². The smallest absolute Gasteiger partial charge is 0.462 e. The second kappa shape index (κ2) is 68.3. The van der Waals surface area contributed by atoms with E-state index in [4.69, 9.17) is 37.0 Å². The zero-order chi connectivity index (χ0) is 70.7. The van der Waals surface area contributed by atoms with Gasteiger partial charge in [-0.15, -0.1) is 0 Å². The summed E-state index contributed by atoms with van der Waals surface area (Å²) in [5.41, 5.74) is 0. The van der Waals surface area contributed by atoms with E-state index in [2.05, 4.69) is 65.8 Å². The van der Waals surface area contributed by atoms with Crippen LogP contribution in [0.5, 0.6) is 0 Å². The molecule has 0 fully saturated rings. The zero-order valence-electron chi connectivity index (χ0n) is 62.2. The highest BCUT2D eigenvalue weighted by atomic mass is 31.2. The van der Waals surface area contributed by atoms with E-state index in [-0.39, 0.29) is 25.7 Å². The van der Waals surface area contributed by atoms with E-state index < -0.39 is 97.5 Å². The van der Waals surface area contributed by atoms with Crippen molar-refractivity contribution >= 4 is 39.5 Å². The molecule has 0 radical (unpaired) electrons. The fraction of sp³-hybridized carbons (Fsp3) is 0.896. The predicted molar refractivity (Wildman–Crippen MR) is 391 cm³/mol. The number of carbonyl (C=O) groups is 4. The van der Waals surface area contributed by atoms with Gasteiger partial charge in [0, 0.05) is 25.7 Å². The van der Waals surface area contributed by atoms with Gasteiger partial charge in [0.2, 0.25) is 0 Å². The molecule has 0 saturated carbocycles. The lowest BCUT2D eigenvalue weighted by molar-refractivity contribution is -0.161. The zero-order valence-corrected chi connectivity index (χ0v) is 63.9. The number of aliphatic hydroxyl groups excluding tert-OH is 1. The molecule has 0 aliphatic rings. The first-order chi connectivity index (χ1) is 46.4. The van der Waals surface area contributed by atoms with Crippen molar-refractivity contribution in [2.24, 2.45) is 11.8 Å². The fourth-order valence-corrected chi connectivity index (χ4v) is 12.8. The maximum atomic E-state index is 13.1. The van der Waals surface area contributed by atoms with E-state index in [0.29, 0.717) is 25.7 Å². The van der Waals surface area contributed by atoms with Crippen molar-refractivity contribution in [3.05, 3.63) is 24.3 Å². The van der Waals surface area contributed by atoms with Gasteiger partial charge in [-0.2, -0.15) is 0 Å². The summed E-state index contributed by atoms with van der Waals surface area (Å²) < 4.78 is 68.5. The quantitative estimate of drug-likeness (QED) is 0.0169. The Balaban J connectivity index is 5.29. The molecule has 0 aromatic carbocycles. The first-order valence-corrected chi connectivity index (χ1v) is 42.3. The van der Waals surface area contributed by atoms with E-state index in [1.54, 1.807) is 0 Å². The van der Waals surface area contributed by atoms with Crippen LogP contribution in [0.15, 0.2) is 24.3 Å². The van der Waals surface area contributed by atoms with Gasteiger partial charge in [0.1, 0.15) is 19.3 Å². The molecule has 0 rings (SSSR count). The SMILES string of the molecule is CCCCCC/C=C\C=C/CCCCCCCC(=O)OC[C@H](COP(=O)(O)OC[C@@H](O)COP(=O)(O)OC[C@@H](COC(=O)CCCCCCCCCCCCC)OC(=O)CCCCCCCCCCC(C)CC)OC(=O)CCCCCCCCCCCCCCCCCC(C)C. The molecule has 17 nitrogen and oxygen atoms in total. The minimum atomic E-state index is -4.97. The molecule has 3 unspecified atom stereocenters. The molecule has 19 heteroatoms. The molecule has 0 aliphatic heterocycles. The highest BCUT2D eigenvalue weighted by molar-refractivity contribution is 7.47. The average molecular weight is 1410 g/mol. The molecular weight excluding hydrogens is 1260 g/mol. The normalized spacial score (nSPS) is 14.4. The minimum Gasteiger partial charge on any atom is -0.462 e. The molecule has 0 spiro atoms. The van der Waals surface area contributed by atoms with Crippen molar-refractivity contribution < 1.29 is 80.2 Å². The van der Waals surface area contributed by atoms with Gasteiger partial charge < -0.3 is 33.8 Å². The van der Waals surface area contributed by atoms with Crippen LogP contribution in [0.4, 0.5) is 0 Å². The molecule has 0 aliphatic carbocycles. The number of phosphoric ester groups is 2. The molecule has 0 aromatic rings. The predicted octanol–water partition coefficient (Wildman–Crippen LogP) is 22.3. The maximum absolute atomic E-state index is 13.1. The highest BCUT2D eigenvalue weighted by Crippen LogP contribution is 2.45. The molecule has 6 atom stereocenters. The number of esters is 4. The van der Waals surface area contributed by atoms with Crippen molar-refractivity contribution in [2.45, 2.75) is 394 Å². The Morgan fingerprint density at radius 2 is 0.615 bits per heavy atom. The lowest BCUT2D eigenvalue weighted by Gasteiger charge is -2.21. The van der Waals surface area contributed by atoms with Crippen LogP contribution in [-0.2, 0) is 65.4 Å². The number of unbranched alkanes of at least 4 members (excludes halogenated alkanes) is 40. The molecule has 566 valence electrons. The summed E-state index contributed by atoms with van der Waals surface area (Å²) in [6, 6.07) is 0. The maximum Gasteiger partial charge on any atom is 0.472 e. The number of aliphatic hydroxyl groups is 1. The summed E-state index contributed by atoms with van der Waals surface area (Å²) in [6.07, 6.45) is 58.9. The average Bonchev–Trinajstić information content (AvgIpc) is 1.73. The topological polar surface area (TPSA) is 237 Å². The number of rotatable bonds is 74. The summed E-state index contributed by atoms with van der Waals surface area (Å²) in [5.74, 6) is -0.577. The summed E-state index contributed by atoms with van der Waals surface area (Å²) >= 11 is 0. The second-order valence-electron chi connectivity index (χ2n) is 27.8. The van der Waals surface area contributed by atoms with Gasteiger partial charge in [0.05, 0.1) is 26.4 Å². The molecule has 0 heterocycles. The molecule has 0 amide bonds. The van der Waals surface area contributed by atoms with Gasteiger partial charge in [-0.1, -0.05) is 323 Å². The Morgan fingerprint density at radius 3 is 0.938 bits per heavy atom. The number of carbonyl (C=O) groups excluding carboxylic acids is 4. The van der Waals surface area contributed by atoms with Crippen LogP contribution in [0.1, 0.15) is 375 Å². The third kappa shape index (κ3) is 68.7. The van der Waals surface area contributed by atoms with Crippen LogP contribution in [-0.4, -0.2) is 96.7 Å². The first kappa shape index (κ1) is 93.5. The first-order valence-electron chi connectivity index (χ1n) is 39.3. The van der Waals surface area contributed by atoms with Crippen molar-refractivity contribution in [1.29, 1.82) is 0 Å². The van der Waals surface area contributed by atoms with Crippen LogP contribution in [0.25, 0.3) is 0 Å². The summed E-state index contributed by atoms with van der Waals surface area (Å²) in [4.78, 5) is 72.8. The Labute approximate surface area is 586 Å². The van der Waals surface area contributed by atoms with Gasteiger partial charge in [-0.3, -0.25) is 37.3 Å². The molecular formula is C77H146O17P2. The monoisotopic (exact) mass is 1410 g/mol. The minimum absolute atomic E-state index is 0.101. The van der Waals surface area contributed by atoms with E-state index in [0.717, 1.165) is 121 Å². The Kier molecular flexibility index (Phi) is 66.6. The third-order valence-electron chi connectivity index (χ3n) is 17.7. The lowest BCUT2D eigenvalue weighted by Crippen LogP contribution is -2.30. The number of allylic oxidation sites excluding steroid dienone is 4. The van der Waals surface area contributed by atoms with Gasteiger partial charge >= 0.3 is 39.5 Å². The van der Waals surface area contributed by atoms with Crippen LogP contribution < -0.4 is 0 Å². The number of phosphoric acid groups is 2. The summed E-state index contributed by atoms with van der Waals surface area (Å²) in [7, 11) is -9.92. The van der Waals surface area contributed by atoms with Crippen molar-refractivity contribution in [2.75, 3.05) is 39.6 Å². The van der Waals surface area contributed by atoms with Gasteiger partial charge in [0.15, 0.2) is 12.2 Å². The lowest BCUT2D eigenvalue weighted by atomic mass is 9.99. The van der Waals surface area contributed by atoms with Crippen molar-refractivity contribution in [3.8, 4) is 0 Å². The Bertz CT molecular complexity index is 1950. The molecule has 0 saturated heterocycles. The highest BCUT2D eigenvalue weighted by Gasteiger charge is 2.30. The largest absolute Gasteiger partial charge is 0.472 e. The van der Waals surface area contributed by atoms with Crippen molar-refractivity contribution in [1.82, 2.24) is 0 Å². The van der Waals surface area contributed by atoms with E-state index in [1.807, 2.05) is 0 Å². The third-order valence-corrected chi connectivity index (χ3v) is 19.6. The van der Waals surface area contributed by atoms with E-state index in [1.165, 1.54) is 173 Å². The molecule has 0 aromatic heterocycles. The van der Waals surface area contributed by atoms with E-state index in [9.17, 15) is 43.2 Å². The second-order valence-corrected chi connectivity index (χ2v) is 30.7. The van der Waals surface area contributed by atoms with Crippen LogP contribution in [0.3, 0.4) is 0 Å². The van der Waals surface area contributed by atoms with Crippen LogP contribution in [0, 0.1) is 11.8 Å². The van der Waals surface area contributed by atoms with Gasteiger partial charge in [0.25, 0.3) is 0 Å². The van der Waals surface area contributed by atoms with Crippen LogP contribution in [0.2, 0.25) is 0 Å². The molecule has 96 heavy (non-hydrogen) atoms. The molecule has 3 N–H and O–H groups in total.